The highest BCUT2D eigenvalue weighted by atomic mass is 32.2. The maximum absolute atomic E-state index is 14.2. The van der Waals surface area contributed by atoms with E-state index in [-0.39, 0.29) is 19.6 Å². The second kappa shape index (κ2) is 12.2. The third kappa shape index (κ3) is 5.81. The summed E-state index contributed by atoms with van der Waals surface area (Å²) < 4.78 is 29.9. The predicted octanol–water partition coefficient (Wildman–Crippen LogP) is 5.37. The highest BCUT2D eigenvalue weighted by Gasteiger charge is 2.45. The number of hydrogen-bond donors (Lipinski definition) is 1. The van der Waals surface area contributed by atoms with Crippen molar-refractivity contribution in [2.75, 3.05) is 13.2 Å². The van der Waals surface area contributed by atoms with Gasteiger partial charge in [0.1, 0.15) is 5.01 Å². The topological polar surface area (TPSA) is 143 Å². The zero-order valence-electron chi connectivity index (χ0n) is 22.1. The molecule has 0 spiro atoms. The van der Waals surface area contributed by atoms with Crippen LogP contribution < -0.4 is 0 Å². The first-order valence-corrected chi connectivity index (χ1v) is 15.1. The molecule has 11 nitrogen and oxygen atoms in total. The summed E-state index contributed by atoms with van der Waals surface area (Å²) in [5, 5.41) is 22.7. The number of carbonyl (C=O) groups is 1. The number of aromatic nitrogens is 1. The Morgan fingerprint density at radius 2 is 1.83 bits per heavy atom. The van der Waals surface area contributed by atoms with Crippen LogP contribution in [0.2, 0.25) is 0 Å². The minimum Gasteiger partial charge on any atom is -0.465 e. The maximum atomic E-state index is 14.2. The van der Waals surface area contributed by atoms with Crippen molar-refractivity contribution in [3.05, 3.63) is 118 Å². The Hall–Kier alpha value is -4.43. The molecule has 5 rings (SSSR count). The largest absolute Gasteiger partial charge is 0.465 e. The molecule has 1 amide bonds. The van der Waals surface area contributed by atoms with Gasteiger partial charge in [0.25, 0.3) is 15.7 Å². The number of nitro groups is 1. The molecule has 42 heavy (non-hydrogen) atoms. The van der Waals surface area contributed by atoms with Crippen LogP contribution in [0.3, 0.4) is 0 Å². The van der Waals surface area contributed by atoms with Crippen LogP contribution in [0.25, 0.3) is 15.8 Å². The molecule has 1 N–H and O–H groups in total. The van der Waals surface area contributed by atoms with E-state index in [1.807, 2.05) is 42.5 Å². The van der Waals surface area contributed by atoms with Gasteiger partial charge < -0.3 is 5.11 Å². The van der Waals surface area contributed by atoms with Crippen molar-refractivity contribution in [3.63, 3.8) is 0 Å². The Morgan fingerprint density at radius 1 is 1.14 bits per heavy atom. The Labute approximate surface area is 245 Å². The molecule has 0 bridgehead atoms. The third-order valence-corrected chi connectivity index (χ3v) is 9.58. The van der Waals surface area contributed by atoms with Gasteiger partial charge in [-0.15, -0.1) is 17.9 Å². The lowest BCUT2D eigenvalue weighted by Crippen LogP contribution is -2.57. The Balaban J connectivity index is 1.71. The molecule has 0 saturated heterocycles. The molecule has 1 aliphatic heterocycles. The molecule has 0 aliphatic carbocycles. The van der Waals surface area contributed by atoms with Gasteiger partial charge in [-0.1, -0.05) is 71.2 Å². The number of nitrogens with zero attached hydrogens (tertiary/aromatic N) is 4. The number of sulfonamides is 1. The van der Waals surface area contributed by atoms with Crippen LogP contribution in [0.4, 0.5) is 10.5 Å². The number of amides is 1. The molecule has 2 atom stereocenters. The van der Waals surface area contributed by atoms with E-state index >= 15 is 0 Å². The van der Waals surface area contributed by atoms with Crippen molar-refractivity contribution in [2.45, 2.75) is 23.4 Å². The summed E-state index contributed by atoms with van der Waals surface area (Å²) in [5.41, 5.74) is 1.33. The fourth-order valence-electron chi connectivity index (χ4n) is 4.87. The lowest BCUT2D eigenvalue weighted by molar-refractivity contribution is -0.388. The highest BCUT2D eigenvalue weighted by molar-refractivity contribution is 7.89. The average Bonchev–Trinajstić information content (AvgIpc) is 3.42. The van der Waals surface area contributed by atoms with Crippen molar-refractivity contribution < 1.29 is 28.1 Å². The van der Waals surface area contributed by atoms with Crippen LogP contribution in [0.15, 0.2) is 102 Å². The molecule has 4 aromatic rings. The zero-order valence-corrected chi connectivity index (χ0v) is 23.8. The number of hydroxylamine groups is 1. The van der Waals surface area contributed by atoms with E-state index in [2.05, 4.69) is 11.6 Å². The van der Waals surface area contributed by atoms with Crippen molar-refractivity contribution in [2.24, 2.45) is 0 Å². The number of rotatable bonds is 10. The summed E-state index contributed by atoms with van der Waals surface area (Å²) >= 11 is 1.35. The summed E-state index contributed by atoms with van der Waals surface area (Å²) in [6.45, 7) is 3.30. The Kier molecular flexibility index (Phi) is 8.45. The quantitative estimate of drug-likeness (QED) is 0.144. The van der Waals surface area contributed by atoms with Crippen LogP contribution in [0.5, 0.6) is 0 Å². The summed E-state index contributed by atoms with van der Waals surface area (Å²) in [4.78, 5) is 34.7. The van der Waals surface area contributed by atoms with Gasteiger partial charge in [0.2, 0.25) is 0 Å². The van der Waals surface area contributed by atoms with E-state index in [0.717, 1.165) is 32.8 Å². The molecule has 0 radical (unpaired) electrons. The molecule has 1 aromatic heterocycles. The molecule has 13 heteroatoms. The lowest BCUT2D eigenvalue weighted by Gasteiger charge is -2.42. The fraction of sp³-hybridized carbons (Fsp3) is 0.172. The smallest absolute Gasteiger partial charge is 0.407 e. The number of nitro benzene ring substituents is 1. The minimum atomic E-state index is -4.71. The van der Waals surface area contributed by atoms with E-state index in [0.29, 0.717) is 15.0 Å². The van der Waals surface area contributed by atoms with Gasteiger partial charge in [-0.3, -0.25) is 19.9 Å². The molecule has 216 valence electrons. The van der Waals surface area contributed by atoms with Gasteiger partial charge in [0, 0.05) is 11.6 Å². The fourth-order valence-corrected chi connectivity index (χ4v) is 7.42. The summed E-state index contributed by atoms with van der Waals surface area (Å²) in [7, 11) is -4.71. The third-order valence-electron chi connectivity index (χ3n) is 6.75. The predicted molar refractivity (Wildman–Crippen MR) is 158 cm³/mol. The van der Waals surface area contributed by atoms with Crippen LogP contribution in [0.1, 0.15) is 10.6 Å². The van der Waals surface area contributed by atoms with E-state index in [1.165, 1.54) is 29.5 Å². The van der Waals surface area contributed by atoms with Crippen molar-refractivity contribution in [1.82, 2.24) is 14.4 Å². The SMILES string of the molecule is C=CCON(C1C=C(c2nc3ccccc3s2)CN(C(=O)O)C1Cc1ccccc1)S(=O)(=O)c1ccccc1[N+](=O)[O-]. The minimum absolute atomic E-state index is 0.0516. The van der Waals surface area contributed by atoms with Crippen LogP contribution in [0, 0.1) is 10.1 Å². The number of hydrogen-bond acceptors (Lipinski definition) is 8. The average molecular weight is 607 g/mol. The van der Waals surface area contributed by atoms with Crippen LogP contribution in [-0.2, 0) is 21.3 Å². The van der Waals surface area contributed by atoms with E-state index in [4.69, 9.17) is 4.84 Å². The maximum Gasteiger partial charge on any atom is 0.407 e. The van der Waals surface area contributed by atoms with E-state index < -0.39 is 43.7 Å². The monoisotopic (exact) mass is 606 g/mol. The van der Waals surface area contributed by atoms with Gasteiger partial charge in [-0.2, -0.15) is 0 Å². The lowest BCUT2D eigenvalue weighted by atomic mass is 9.93. The van der Waals surface area contributed by atoms with Gasteiger partial charge in [0.15, 0.2) is 4.90 Å². The zero-order chi connectivity index (χ0) is 29.9. The summed E-state index contributed by atoms with van der Waals surface area (Å²) in [6.07, 6.45) is 1.85. The van der Waals surface area contributed by atoms with Crippen molar-refractivity contribution in [1.29, 1.82) is 0 Å². The first-order chi connectivity index (χ1) is 20.2. The molecule has 0 saturated carbocycles. The Bertz CT molecular complexity index is 1740. The summed E-state index contributed by atoms with van der Waals surface area (Å²) in [6, 6.07) is 19.3. The van der Waals surface area contributed by atoms with Gasteiger partial charge in [0.05, 0.1) is 40.4 Å². The molecule has 1 aliphatic rings. The van der Waals surface area contributed by atoms with Gasteiger partial charge in [-0.05, 0) is 30.2 Å². The molecular formula is C29H26N4O7S2. The second-order valence-electron chi connectivity index (χ2n) is 9.41. The summed E-state index contributed by atoms with van der Waals surface area (Å²) in [5.74, 6) is 0. The normalized spacial score (nSPS) is 17.3. The molecule has 2 heterocycles. The molecular weight excluding hydrogens is 580 g/mol. The number of fused-ring (bicyclic) bond motifs is 1. The molecule has 2 unspecified atom stereocenters. The Morgan fingerprint density at radius 3 is 2.52 bits per heavy atom. The van der Waals surface area contributed by atoms with Crippen molar-refractivity contribution >= 4 is 48.9 Å². The first kappa shape index (κ1) is 29.1. The first-order valence-electron chi connectivity index (χ1n) is 12.8. The molecule has 0 fully saturated rings. The van der Waals surface area contributed by atoms with Gasteiger partial charge >= 0.3 is 6.09 Å². The van der Waals surface area contributed by atoms with Crippen LogP contribution in [-0.4, -0.2) is 64.1 Å². The number of para-hydroxylation sites is 2. The standard InChI is InChI=1S/C29H26N4O7S2/c1-2-16-40-33(42(38,39)27-15-9-7-13-23(27)32(36)37)25-18-21(28-30-22-12-6-8-14-26(22)41-28)19-31(29(34)35)24(25)17-20-10-4-3-5-11-20/h2-15,18,24-25H,1,16-17,19H2,(H,34,35). The van der Waals surface area contributed by atoms with Crippen LogP contribution >= 0.6 is 11.3 Å². The van der Waals surface area contributed by atoms with E-state index in [9.17, 15) is 28.4 Å². The van der Waals surface area contributed by atoms with E-state index in [1.54, 1.807) is 18.2 Å². The molecule has 3 aromatic carbocycles. The van der Waals surface area contributed by atoms with Gasteiger partial charge in [-0.25, -0.2) is 18.2 Å². The second-order valence-corrected chi connectivity index (χ2v) is 12.2. The van der Waals surface area contributed by atoms with Crippen molar-refractivity contribution in [3.8, 4) is 0 Å². The number of thiazole rings is 1. The highest BCUT2D eigenvalue weighted by Crippen LogP contribution is 2.36. The number of benzene rings is 3. The number of carboxylic acid groups (broad SMARTS) is 1.